The summed E-state index contributed by atoms with van der Waals surface area (Å²) in [4.78, 5) is 14.2. The summed E-state index contributed by atoms with van der Waals surface area (Å²) in [5, 5.41) is 13.2. The lowest BCUT2D eigenvalue weighted by molar-refractivity contribution is -0.147. The minimum atomic E-state index is -0.634. The Morgan fingerprint density at radius 3 is 2.67 bits per heavy atom. The van der Waals surface area contributed by atoms with Gasteiger partial charge in [-0.25, -0.2) is 0 Å². The molecule has 2 rings (SSSR count). The van der Waals surface area contributed by atoms with Crippen LogP contribution in [-0.2, 0) is 4.79 Å². The second-order valence-electron chi connectivity index (χ2n) is 7.08. The van der Waals surface area contributed by atoms with Crippen LogP contribution in [0.25, 0.3) is 0 Å². The Kier molecular flexibility index (Phi) is 6.06. The molecule has 0 saturated heterocycles. The maximum Gasteiger partial charge on any atom is 0.324 e. The fourth-order valence-electron chi connectivity index (χ4n) is 3.71. The quantitative estimate of drug-likeness (QED) is 0.609. The normalized spacial score (nSPS) is 29.2. The molecule has 2 aliphatic rings. The number of carboxylic acids is 1. The highest BCUT2D eigenvalue weighted by Gasteiger charge is 2.50. The van der Waals surface area contributed by atoms with Crippen molar-refractivity contribution in [1.82, 2.24) is 10.2 Å². The SMILES string of the molecule is CCCCCN(C)CCC1CCCC1(NC1CC1)C(=O)O. The maximum absolute atomic E-state index is 11.9. The van der Waals surface area contributed by atoms with Crippen LogP contribution in [0.4, 0.5) is 0 Å². The van der Waals surface area contributed by atoms with Gasteiger partial charge in [0.05, 0.1) is 0 Å². The second-order valence-corrected chi connectivity index (χ2v) is 7.08. The molecule has 0 bridgehead atoms. The number of aliphatic carboxylic acids is 1. The van der Waals surface area contributed by atoms with E-state index in [2.05, 4.69) is 24.2 Å². The van der Waals surface area contributed by atoms with Crippen LogP contribution >= 0.6 is 0 Å². The van der Waals surface area contributed by atoms with Crippen LogP contribution < -0.4 is 5.32 Å². The zero-order chi connectivity index (χ0) is 15.3. The van der Waals surface area contributed by atoms with E-state index in [0.29, 0.717) is 12.0 Å². The summed E-state index contributed by atoms with van der Waals surface area (Å²) < 4.78 is 0. The molecule has 122 valence electrons. The summed E-state index contributed by atoms with van der Waals surface area (Å²) in [6.07, 6.45) is 10.0. The highest BCUT2D eigenvalue weighted by molar-refractivity contribution is 5.80. The molecule has 2 aliphatic carbocycles. The van der Waals surface area contributed by atoms with Crippen molar-refractivity contribution >= 4 is 5.97 Å². The van der Waals surface area contributed by atoms with Gasteiger partial charge in [0.15, 0.2) is 0 Å². The molecule has 0 heterocycles. The number of nitrogens with zero attached hydrogens (tertiary/aromatic N) is 1. The van der Waals surface area contributed by atoms with Gasteiger partial charge in [-0.2, -0.15) is 0 Å². The van der Waals surface area contributed by atoms with Crippen molar-refractivity contribution in [2.75, 3.05) is 20.1 Å². The summed E-state index contributed by atoms with van der Waals surface area (Å²) in [7, 11) is 2.17. The van der Waals surface area contributed by atoms with Crippen LogP contribution in [0.5, 0.6) is 0 Å². The van der Waals surface area contributed by atoms with E-state index in [1.165, 1.54) is 19.3 Å². The summed E-state index contributed by atoms with van der Waals surface area (Å²) >= 11 is 0. The van der Waals surface area contributed by atoms with Crippen LogP contribution in [-0.4, -0.2) is 47.7 Å². The van der Waals surface area contributed by atoms with Gasteiger partial charge in [0.25, 0.3) is 0 Å². The Morgan fingerprint density at radius 2 is 2.05 bits per heavy atom. The van der Waals surface area contributed by atoms with Crippen molar-refractivity contribution in [3.63, 3.8) is 0 Å². The summed E-state index contributed by atoms with van der Waals surface area (Å²) in [6, 6.07) is 0.462. The molecule has 2 saturated carbocycles. The average Bonchev–Trinajstić information content (AvgIpc) is 3.15. The average molecular weight is 296 g/mol. The van der Waals surface area contributed by atoms with Gasteiger partial charge >= 0.3 is 5.97 Å². The molecule has 21 heavy (non-hydrogen) atoms. The molecule has 0 aliphatic heterocycles. The highest BCUT2D eigenvalue weighted by atomic mass is 16.4. The Hall–Kier alpha value is -0.610. The van der Waals surface area contributed by atoms with Gasteiger partial charge in [0.1, 0.15) is 5.54 Å². The molecular formula is C17H32N2O2. The fraction of sp³-hybridized carbons (Fsp3) is 0.941. The Labute approximate surface area is 129 Å². The molecule has 0 aromatic rings. The van der Waals surface area contributed by atoms with Crippen molar-refractivity contribution in [3.05, 3.63) is 0 Å². The lowest BCUT2D eigenvalue weighted by Crippen LogP contribution is -2.56. The lowest BCUT2D eigenvalue weighted by Gasteiger charge is -2.33. The third-order valence-electron chi connectivity index (χ3n) is 5.24. The molecule has 4 nitrogen and oxygen atoms in total. The number of hydrogen-bond donors (Lipinski definition) is 2. The molecule has 2 unspecified atom stereocenters. The number of rotatable bonds is 10. The first-order valence-corrected chi connectivity index (χ1v) is 8.78. The van der Waals surface area contributed by atoms with Crippen LogP contribution in [0, 0.1) is 5.92 Å². The predicted octanol–water partition coefficient (Wildman–Crippen LogP) is 2.87. The monoisotopic (exact) mass is 296 g/mol. The summed E-state index contributed by atoms with van der Waals surface area (Å²) in [5.74, 6) is -0.324. The minimum Gasteiger partial charge on any atom is -0.480 e. The van der Waals surface area contributed by atoms with Gasteiger partial charge in [-0.15, -0.1) is 0 Å². The first kappa shape index (κ1) is 16.8. The van der Waals surface area contributed by atoms with Crippen molar-refractivity contribution in [3.8, 4) is 0 Å². The Morgan fingerprint density at radius 1 is 1.29 bits per heavy atom. The van der Waals surface area contributed by atoms with E-state index in [1.807, 2.05) is 0 Å². The summed E-state index contributed by atoms with van der Waals surface area (Å²) in [6.45, 7) is 4.38. The minimum absolute atomic E-state index is 0.296. The third kappa shape index (κ3) is 4.43. The van der Waals surface area contributed by atoms with Crippen molar-refractivity contribution in [1.29, 1.82) is 0 Å². The van der Waals surface area contributed by atoms with Crippen LogP contribution in [0.2, 0.25) is 0 Å². The van der Waals surface area contributed by atoms with Crippen molar-refractivity contribution < 1.29 is 9.90 Å². The highest BCUT2D eigenvalue weighted by Crippen LogP contribution is 2.40. The van der Waals surface area contributed by atoms with E-state index in [4.69, 9.17) is 0 Å². The van der Waals surface area contributed by atoms with E-state index in [0.717, 1.165) is 51.6 Å². The van der Waals surface area contributed by atoms with Gasteiger partial charge in [-0.3, -0.25) is 10.1 Å². The third-order valence-corrected chi connectivity index (χ3v) is 5.24. The topological polar surface area (TPSA) is 52.6 Å². The first-order chi connectivity index (χ1) is 10.1. The second kappa shape index (κ2) is 7.59. The Bertz CT molecular complexity index is 344. The van der Waals surface area contributed by atoms with Gasteiger partial charge in [0, 0.05) is 6.04 Å². The maximum atomic E-state index is 11.9. The first-order valence-electron chi connectivity index (χ1n) is 8.78. The molecule has 0 radical (unpaired) electrons. The Balaban J connectivity index is 1.83. The van der Waals surface area contributed by atoms with Gasteiger partial charge in [-0.1, -0.05) is 26.2 Å². The molecule has 4 heteroatoms. The van der Waals surface area contributed by atoms with E-state index >= 15 is 0 Å². The number of carbonyl (C=O) groups is 1. The van der Waals surface area contributed by atoms with Crippen LogP contribution in [0.3, 0.4) is 0 Å². The molecule has 0 aromatic heterocycles. The largest absolute Gasteiger partial charge is 0.480 e. The zero-order valence-corrected chi connectivity index (χ0v) is 13.7. The van der Waals surface area contributed by atoms with Gasteiger partial charge < -0.3 is 10.0 Å². The fourth-order valence-corrected chi connectivity index (χ4v) is 3.71. The lowest BCUT2D eigenvalue weighted by atomic mass is 9.84. The molecule has 0 amide bonds. The molecule has 2 fully saturated rings. The number of nitrogens with one attached hydrogen (secondary N) is 1. The molecule has 2 atom stereocenters. The van der Waals surface area contributed by atoms with Gasteiger partial charge in [0.2, 0.25) is 0 Å². The smallest absolute Gasteiger partial charge is 0.324 e. The van der Waals surface area contributed by atoms with Crippen LogP contribution in [0.1, 0.15) is 64.7 Å². The molecule has 0 aromatic carbocycles. The van der Waals surface area contributed by atoms with Crippen molar-refractivity contribution in [2.45, 2.75) is 76.3 Å². The van der Waals surface area contributed by atoms with Gasteiger partial charge in [-0.05, 0) is 64.6 Å². The number of carboxylic acid groups (broad SMARTS) is 1. The van der Waals surface area contributed by atoms with E-state index in [1.54, 1.807) is 0 Å². The molecular weight excluding hydrogens is 264 g/mol. The number of hydrogen-bond acceptors (Lipinski definition) is 3. The van der Waals surface area contributed by atoms with Crippen LogP contribution in [0.15, 0.2) is 0 Å². The van der Waals surface area contributed by atoms with E-state index in [9.17, 15) is 9.90 Å². The number of unbranched alkanes of at least 4 members (excludes halogenated alkanes) is 2. The molecule has 0 spiro atoms. The zero-order valence-electron chi connectivity index (χ0n) is 13.7. The standard InChI is InChI=1S/C17H32N2O2/c1-3-4-5-12-19(2)13-10-14-7-6-11-17(14,16(20)21)18-15-8-9-15/h14-15,18H,3-13H2,1-2H3,(H,20,21). The van der Waals surface area contributed by atoms with E-state index in [-0.39, 0.29) is 0 Å². The van der Waals surface area contributed by atoms with E-state index < -0.39 is 11.5 Å². The predicted molar refractivity (Wildman–Crippen MR) is 85.5 cm³/mol. The van der Waals surface area contributed by atoms with Crippen molar-refractivity contribution in [2.24, 2.45) is 5.92 Å². The summed E-state index contributed by atoms with van der Waals surface area (Å²) in [5.41, 5.74) is -0.634. The molecule has 2 N–H and O–H groups in total.